The second kappa shape index (κ2) is 7.76. The molecule has 2 aromatic carbocycles. The second-order valence-electron chi connectivity index (χ2n) is 4.69. The molecule has 0 bridgehead atoms. The first kappa shape index (κ1) is 17.0. The first-order chi connectivity index (χ1) is 11.0. The van der Waals surface area contributed by atoms with Gasteiger partial charge in [-0.25, -0.2) is 5.43 Å². The minimum atomic E-state index is -0.882. The third-order valence-electron chi connectivity index (χ3n) is 2.85. The topological polar surface area (TPSA) is 70.6 Å². The van der Waals surface area contributed by atoms with Crippen LogP contribution in [0.2, 0.25) is 10.0 Å². The lowest BCUT2D eigenvalue weighted by Gasteiger charge is -2.04. The number of halogens is 2. The smallest absolute Gasteiger partial charge is 0.318 e. The van der Waals surface area contributed by atoms with Crippen LogP contribution < -0.4 is 10.7 Å². The SMILES string of the molecule is Cc1ccc(NC(=O)C(=O)NN=Cc2ccc(Cl)cc2Cl)cc1. The van der Waals surface area contributed by atoms with E-state index in [0.717, 1.165) is 5.56 Å². The summed E-state index contributed by atoms with van der Waals surface area (Å²) in [6.45, 7) is 1.93. The largest absolute Gasteiger partial charge is 0.329 e. The number of carbonyl (C=O) groups is 2. The summed E-state index contributed by atoms with van der Waals surface area (Å²) in [5.74, 6) is -1.69. The van der Waals surface area contributed by atoms with Crippen LogP contribution in [0.1, 0.15) is 11.1 Å². The van der Waals surface area contributed by atoms with E-state index in [1.165, 1.54) is 6.21 Å². The van der Waals surface area contributed by atoms with Crippen molar-refractivity contribution >= 4 is 46.9 Å². The summed E-state index contributed by atoms with van der Waals surface area (Å²) in [7, 11) is 0. The lowest BCUT2D eigenvalue weighted by molar-refractivity contribution is -0.136. The molecule has 118 valence electrons. The molecule has 0 aliphatic rings. The molecule has 5 nitrogen and oxygen atoms in total. The lowest BCUT2D eigenvalue weighted by atomic mass is 10.2. The fraction of sp³-hybridized carbons (Fsp3) is 0.0625. The van der Waals surface area contributed by atoms with Crippen molar-refractivity contribution in [2.24, 2.45) is 5.10 Å². The fourth-order valence-electron chi connectivity index (χ4n) is 1.64. The van der Waals surface area contributed by atoms with Gasteiger partial charge < -0.3 is 5.32 Å². The Morgan fingerprint density at radius 2 is 1.74 bits per heavy atom. The van der Waals surface area contributed by atoms with Gasteiger partial charge in [0.1, 0.15) is 0 Å². The van der Waals surface area contributed by atoms with E-state index in [1.807, 2.05) is 19.1 Å². The second-order valence-corrected chi connectivity index (χ2v) is 5.53. The third kappa shape index (κ3) is 5.09. The van der Waals surface area contributed by atoms with Gasteiger partial charge in [0.15, 0.2) is 0 Å². The molecule has 0 heterocycles. The molecule has 2 amide bonds. The Morgan fingerprint density at radius 3 is 2.39 bits per heavy atom. The molecule has 0 aliphatic heterocycles. The van der Waals surface area contributed by atoms with Crippen LogP contribution in [0.15, 0.2) is 47.6 Å². The van der Waals surface area contributed by atoms with Gasteiger partial charge in [-0.15, -0.1) is 0 Å². The maximum absolute atomic E-state index is 11.7. The Kier molecular flexibility index (Phi) is 5.73. The number of hydrazone groups is 1. The summed E-state index contributed by atoms with van der Waals surface area (Å²) in [6, 6.07) is 11.9. The lowest BCUT2D eigenvalue weighted by Crippen LogP contribution is -2.32. The highest BCUT2D eigenvalue weighted by Gasteiger charge is 2.12. The molecule has 7 heteroatoms. The number of nitrogens with one attached hydrogen (secondary N) is 2. The highest BCUT2D eigenvalue weighted by atomic mass is 35.5. The quantitative estimate of drug-likeness (QED) is 0.506. The van der Waals surface area contributed by atoms with Crippen molar-refractivity contribution in [1.82, 2.24) is 5.43 Å². The van der Waals surface area contributed by atoms with E-state index < -0.39 is 11.8 Å². The van der Waals surface area contributed by atoms with Crippen molar-refractivity contribution in [2.45, 2.75) is 6.92 Å². The van der Waals surface area contributed by atoms with Gasteiger partial charge in [-0.05, 0) is 31.2 Å². The maximum atomic E-state index is 11.7. The minimum absolute atomic E-state index is 0.389. The average molecular weight is 350 g/mol. The first-order valence-electron chi connectivity index (χ1n) is 6.62. The molecule has 0 aromatic heterocycles. The monoisotopic (exact) mass is 349 g/mol. The summed E-state index contributed by atoms with van der Waals surface area (Å²) >= 11 is 11.7. The summed E-state index contributed by atoms with van der Waals surface area (Å²) in [4.78, 5) is 23.4. The molecular weight excluding hydrogens is 337 g/mol. The number of benzene rings is 2. The van der Waals surface area contributed by atoms with Crippen molar-refractivity contribution in [1.29, 1.82) is 0 Å². The predicted molar refractivity (Wildman–Crippen MR) is 92.0 cm³/mol. The van der Waals surface area contributed by atoms with Crippen LogP contribution in [-0.2, 0) is 9.59 Å². The van der Waals surface area contributed by atoms with Crippen molar-refractivity contribution in [2.75, 3.05) is 5.32 Å². The van der Waals surface area contributed by atoms with Gasteiger partial charge in [0.05, 0.1) is 11.2 Å². The van der Waals surface area contributed by atoms with Gasteiger partial charge in [0, 0.05) is 16.3 Å². The molecule has 23 heavy (non-hydrogen) atoms. The van der Waals surface area contributed by atoms with E-state index >= 15 is 0 Å². The van der Waals surface area contributed by atoms with Gasteiger partial charge in [-0.3, -0.25) is 9.59 Å². The molecule has 2 N–H and O–H groups in total. The summed E-state index contributed by atoms with van der Waals surface area (Å²) in [5.41, 5.74) is 4.28. The number of anilines is 1. The van der Waals surface area contributed by atoms with Crippen LogP contribution >= 0.6 is 23.2 Å². The first-order valence-corrected chi connectivity index (χ1v) is 7.37. The Balaban J connectivity index is 1.92. The molecule has 0 spiro atoms. The van der Waals surface area contributed by atoms with Crippen LogP contribution in [-0.4, -0.2) is 18.0 Å². The average Bonchev–Trinajstić information content (AvgIpc) is 2.51. The van der Waals surface area contributed by atoms with Crippen LogP contribution in [0.25, 0.3) is 0 Å². The molecule has 0 saturated heterocycles. The predicted octanol–water partition coefficient (Wildman–Crippen LogP) is 3.39. The van der Waals surface area contributed by atoms with Gasteiger partial charge >= 0.3 is 11.8 Å². The van der Waals surface area contributed by atoms with Crippen molar-refractivity contribution in [3.8, 4) is 0 Å². The van der Waals surface area contributed by atoms with E-state index in [2.05, 4.69) is 15.8 Å². The summed E-state index contributed by atoms with van der Waals surface area (Å²) < 4.78 is 0. The fourth-order valence-corrected chi connectivity index (χ4v) is 2.10. The van der Waals surface area contributed by atoms with E-state index in [0.29, 0.717) is 21.3 Å². The number of nitrogens with zero attached hydrogens (tertiary/aromatic N) is 1. The molecule has 2 rings (SSSR count). The summed E-state index contributed by atoms with van der Waals surface area (Å²) in [5, 5.41) is 7.05. The van der Waals surface area contributed by atoms with Crippen molar-refractivity contribution in [3.05, 3.63) is 63.6 Å². The number of rotatable bonds is 3. The van der Waals surface area contributed by atoms with Crippen LogP contribution in [0.4, 0.5) is 5.69 Å². The zero-order valence-electron chi connectivity index (χ0n) is 12.1. The molecule has 0 fully saturated rings. The highest BCUT2D eigenvalue weighted by molar-refractivity contribution is 6.39. The van der Waals surface area contributed by atoms with E-state index in [9.17, 15) is 9.59 Å². The van der Waals surface area contributed by atoms with Gasteiger partial charge in [-0.2, -0.15) is 5.10 Å². The van der Waals surface area contributed by atoms with Crippen LogP contribution in [0.3, 0.4) is 0 Å². The Morgan fingerprint density at radius 1 is 1.04 bits per heavy atom. The standard InChI is InChI=1S/C16H13Cl2N3O2/c1-10-2-6-13(7-3-10)20-15(22)16(23)21-19-9-11-4-5-12(17)8-14(11)18/h2-9H,1H3,(H,20,22)(H,21,23). The Bertz CT molecular complexity index is 758. The van der Waals surface area contributed by atoms with E-state index in [1.54, 1.807) is 30.3 Å². The molecule has 0 saturated carbocycles. The number of hydrogen-bond donors (Lipinski definition) is 2. The highest BCUT2D eigenvalue weighted by Crippen LogP contribution is 2.19. The van der Waals surface area contributed by atoms with Gasteiger partial charge in [-0.1, -0.05) is 47.0 Å². The van der Waals surface area contributed by atoms with E-state index in [-0.39, 0.29) is 0 Å². The molecule has 0 atom stereocenters. The summed E-state index contributed by atoms with van der Waals surface area (Å²) in [6.07, 6.45) is 1.33. The Hall–Kier alpha value is -2.37. The molecule has 2 aromatic rings. The number of hydrogen-bond acceptors (Lipinski definition) is 3. The van der Waals surface area contributed by atoms with E-state index in [4.69, 9.17) is 23.2 Å². The number of carbonyl (C=O) groups excluding carboxylic acids is 2. The third-order valence-corrected chi connectivity index (χ3v) is 3.41. The number of amides is 2. The molecule has 0 aliphatic carbocycles. The zero-order valence-corrected chi connectivity index (χ0v) is 13.7. The number of aryl methyl sites for hydroxylation is 1. The molecule has 0 radical (unpaired) electrons. The zero-order chi connectivity index (χ0) is 16.8. The maximum Gasteiger partial charge on any atom is 0.329 e. The van der Waals surface area contributed by atoms with Gasteiger partial charge in [0.2, 0.25) is 0 Å². The van der Waals surface area contributed by atoms with Crippen LogP contribution in [0, 0.1) is 6.92 Å². The molecular formula is C16H13Cl2N3O2. The molecule has 0 unspecified atom stereocenters. The van der Waals surface area contributed by atoms with Gasteiger partial charge in [0.25, 0.3) is 0 Å². The van der Waals surface area contributed by atoms with Crippen LogP contribution in [0.5, 0.6) is 0 Å². The van der Waals surface area contributed by atoms with Crippen molar-refractivity contribution in [3.63, 3.8) is 0 Å². The Labute approximate surface area is 143 Å². The van der Waals surface area contributed by atoms with Crippen molar-refractivity contribution < 1.29 is 9.59 Å². The normalized spacial score (nSPS) is 10.6. The minimum Gasteiger partial charge on any atom is -0.318 e.